The normalized spacial score (nSPS) is 21.4. The highest BCUT2D eigenvalue weighted by Crippen LogP contribution is 2.10. The first-order valence-corrected chi connectivity index (χ1v) is 5.76. The third-order valence-corrected chi connectivity index (χ3v) is 2.73. The molecule has 3 nitrogen and oxygen atoms in total. The quantitative estimate of drug-likeness (QED) is 0.699. The van der Waals surface area contributed by atoms with Crippen molar-refractivity contribution in [2.75, 3.05) is 19.8 Å². The standard InChI is InChI=1S/C11H24N2O/c1-9(2)7-11(8-12)13-10-3-5-14-6-4-10/h9-11,13H,3-8,12H2,1-2H3. The van der Waals surface area contributed by atoms with E-state index >= 15 is 0 Å². The maximum absolute atomic E-state index is 5.74. The molecule has 0 amide bonds. The first-order valence-electron chi connectivity index (χ1n) is 5.76. The zero-order valence-corrected chi connectivity index (χ0v) is 9.46. The van der Waals surface area contributed by atoms with Crippen LogP contribution in [0.1, 0.15) is 33.1 Å². The molecule has 1 rings (SSSR count). The SMILES string of the molecule is CC(C)CC(CN)NC1CCOCC1. The van der Waals surface area contributed by atoms with Crippen LogP contribution in [0.5, 0.6) is 0 Å². The average Bonchev–Trinajstić information content (AvgIpc) is 2.17. The van der Waals surface area contributed by atoms with Crippen molar-refractivity contribution >= 4 is 0 Å². The summed E-state index contributed by atoms with van der Waals surface area (Å²) in [5.41, 5.74) is 5.74. The van der Waals surface area contributed by atoms with Gasteiger partial charge in [-0.05, 0) is 25.2 Å². The molecule has 0 radical (unpaired) electrons. The minimum Gasteiger partial charge on any atom is -0.381 e. The van der Waals surface area contributed by atoms with E-state index in [9.17, 15) is 0 Å². The fourth-order valence-corrected chi connectivity index (χ4v) is 2.00. The number of ether oxygens (including phenoxy) is 1. The molecular weight excluding hydrogens is 176 g/mol. The molecule has 1 aliphatic rings. The van der Waals surface area contributed by atoms with Gasteiger partial charge in [-0.15, -0.1) is 0 Å². The second-order valence-corrected chi connectivity index (χ2v) is 4.62. The van der Waals surface area contributed by atoms with Crippen LogP contribution in [-0.2, 0) is 4.74 Å². The number of hydrogen-bond donors (Lipinski definition) is 2. The van der Waals surface area contributed by atoms with Gasteiger partial charge in [-0.25, -0.2) is 0 Å². The Labute approximate surface area is 87.4 Å². The van der Waals surface area contributed by atoms with Crippen molar-refractivity contribution in [3.8, 4) is 0 Å². The van der Waals surface area contributed by atoms with E-state index in [1.807, 2.05) is 0 Å². The predicted molar refractivity (Wildman–Crippen MR) is 59.3 cm³/mol. The van der Waals surface area contributed by atoms with Gasteiger partial charge in [0.1, 0.15) is 0 Å². The van der Waals surface area contributed by atoms with E-state index in [0.29, 0.717) is 12.1 Å². The average molecular weight is 200 g/mol. The van der Waals surface area contributed by atoms with E-state index in [4.69, 9.17) is 10.5 Å². The van der Waals surface area contributed by atoms with Crippen LogP contribution in [-0.4, -0.2) is 31.8 Å². The maximum atomic E-state index is 5.74. The van der Waals surface area contributed by atoms with Crippen LogP contribution in [0.2, 0.25) is 0 Å². The molecule has 3 N–H and O–H groups in total. The number of nitrogens with two attached hydrogens (primary N) is 1. The summed E-state index contributed by atoms with van der Waals surface area (Å²) < 4.78 is 5.32. The first kappa shape index (κ1) is 12.0. The highest BCUT2D eigenvalue weighted by Gasteiger charge is 2.17. The highest BCUT2D eigenvalue weighted by molar-refractivity contribution is 4.77. The van der Waals surface area contributed by atoms with Crippen molar-refractivity contribution in [3.63, 3.8) is 0 Å². The van der Waals surface area contributed by atoms with Crippen LogP contribution < -0.4 is 11.1 Å². The molecule has 0 aromatic rings. The van der Waals surface area contributed by atoms with Gasteiger partial charge in [0.15, 0.2) is 0 Å². The topological polar surface area (TPSA) is 47.3 Å². The Morgan fingerprint density at radius 2 is 2.00 bits per heavy atom. The summed E-state index contributed by atoms with van der Waals surface area (Å²) in [6.45, 7) is 7.03. The monoisotopic (exact) mass is 200 g/mol. The lowest BCUT2D eigenvalue weighted by atomic mass is 10.0. The molecule has 1 saturated heterocycles. The van der Waals surface area contributed by atoms with Crippen LogP contribution in [0.3, 0.4) is 0 Å². The molecule has 1 unspecified atom stereocenters. The lowest BCUT2D eigenvalue weighted by molar-refractivity contribution is 0.0743. The Morgan fingerprint density at radius 3 is 2.50 bits per heavy atom. The second-order valence-electron chi connectivity index (χ2n) is 4.62. The Bertz CT molecular complexity index is 144. The fourth-order valence-electron chi connectivity index (χ4n) is 2.00. The molecule has 0 aliphatic carbocycles. The minimum absolute atomic E-state index is 0.484. The fraction of sp³-hybridized carbons (Fsp3) is 1.00. The van der Waals surface area contributed by atoms with Crippen LogP contribution in [0.4, 0.5) is 0 Å². The van der Waals surface area contributed by atoms with E-state index in [0.717, 1.165) is 38.5 Å². The molecule has 1 aliphatic heterocycles. The van der Waals surface area contributed by atoms with Gasteiger partial charge in [0, 0.05) is 31.8 Å². The summed E-state index contributed by atoms with van der Waals surface area (Å²) in [7, 11) is 0. The molecule has 0 bridgehead atoms. The van der Waals surface area contributed by atoms with Gasteiger partial charge in [0.2, 0.25) is 0 Å². The molecule has 0 spiro atoms. The van der Waals surface area contributed by atoms with Crippen LogP contribution in [0.25, 0.3) is 0 Å². The van der Waals surface area contributed by atoms with Crippen LogP contribution >= 0.6 is 0 Å². The lowest BCUT2D eigenvalue weighted by Gasteiger charge is -2.28. The first-order chi connectivity index (χ1) is 6.72. The zero-order valence-electron chi connectivity index (χ0n) is 9.46. The van der Waals surface area contributed by atoms with Crippen molar-refractivity contribution in [1.29, 1.82) is 0 Å². The van der Waals surface area contributed by atoms with Crippen molar-refractivity contribution in [2.24, 2.45) is 11.7 Å². The summed E-state index contributed by atoms with van der Waals surface area (Å²) in [4.78, 5) is 0. The van der Waals surface area contributed by atoms with Gasteiger partial charge in [-0.1, -0.05) is 13.8 Å². The number of hydrogen-bond acceptors (Lipinski definition) is 3. The summed E-state index contributed by atoms with van der Waals surface area (Å²) >= 11 is 0. The Kier molecular flexibility index (Phi) is 5.45. The number of nitrogens with one attached hydrogen (secondary N) is 1. The summed E-state index contributed by atoms with van der Waals surface area (Å²) in [6.07, 6.45) is 3.44. The third-order valence-electron chi connectivity index (χ3n) is 2.73. The second kappa shape index (κ2) is 6.38. The van der Waals surface area contributed by atoms with Crippen molar-refractivity contribution < 1.29 is 4.74 Å². The highest BCUT2D eigenvalue weighted by atomic mass is 16.5. The molecule has 84 valence electrons. The molecule has 3 heteroatoms. The Hall–Kier alpha value is -0.120. The van der Waals surface area contributed by atoms with Crippen molar-refractivity contribution in [1.82, 2.24) is 5.32 Å². The smallest absolute Gasteiger partial charge is 0.0480 e. The van der Waals surface area contributed by atoms with Gasteiger partial charge < -0.3 is 15.8 Å². The lowest BCUT2D eigenvalue weighted by Crippen LogP contribution is -2.45. The van der Waals surface area contributed by atoms with Gasteiger partial charge in [-0.2, -0.15) is 0 Å². The molecule has 1 fully saturated rings. The van der Waals surface area contributed by atoms with Gasteiger partial charge >= 0.3 is 0 Å². The maximum Gasteiger partial charge on any atom is 0.0480 e. The third kappa shape index (κ3) is 4.40. The summed E-state index contributed by atoms with van der Waals surface area (Å²) in [6, 6.07) is 1.11. The van der Waals surface area contributed by atoms with Gasteiger partial charge in [0.25, 0.3) is 0 Å². The molecule has 0 aromatic heterocycles. The van der Waals surface area contributed by atoms with E-state index in [-0.39, 0.29) is 0 Å². The molecule has 1 atom stereocenters. The molecule has 0 saturated carbocycles. The minimum atomic E-state index is 0.484. The Balaban J connectivity index is 2.23. The largest absolute Gasteiger partial charge is 0.381 e. The summed E-state index contributed by atoms with van der Waals surface area (Å²) in [5, 5.41) is 3.63. The molecule has 0 aromatic carbocycles. The zero-order chi connectivity index (χ0) is 10.4. The molecule has 14 heavy (non-hydrogen) atoms. The van der Waals surface area contributed by atoms with Crippen LogP contribution in [0.15, 0.2) is 0 Å². The van der Waals surface area contributed by atoms with Gasteiger partial charge in [0.05, 0.1) is 0 Å². The van der Waals surface area contributed by atoms with E-state index in [1.54, 1.807) is 0 Å². The summed E-state index contributed by atoms with van der Waals surface area (Å²) in [5.74, 6) is 0.718. The molecular formula is C11H24N2O. The Morgan fingerprint density at radius 1 is 1.36 bits per heavy atom. The predicted octanol–water partition coefficient (Wildman–Crippen LogP) is 1.13. The van der Waals surface area contributed by atoms with Gasteiger partial charge in [-0.3, -0.25) is 0 Å². The van der Waals surface area contributed by atoms with Crippen LogP contribution in [0, 0.1) is 5.92 Å². The van der Waals surface area contributed by atoms with Crippen molar-refractivity contribution in [3.05, 3.63) is 0 Å². The van der Waals surface area contributed by atoms with E-state index < -0.39 is 0 Å². The molecule has 1 heterocycles. The van der Waals surface area contributed by atoms with Crippen molar-refractivity contribution in [2.45, 2.75) is 45.2 Å². The van der Waals surface area contributed by atoms with E-state index in [2.05, 4.69) is 19.2 Å². The number of rotatable bonds is 5. The van der Waals surface area contributed by atoms with E-state index in [1.165, 1.54) is 6.42 Å².